The third-order valence-electron chi connectivity index (χ3n) is 7.47. The first kappa shape index (κ1) is 40.3. The fourth-order valence-electron chi connectivity index (χ4n) is 4.97. The maximum absolute atomic E-state index is 6.07. The van der Waals surface area contributed by atoms with Gasteiger partial charge in [-0.15, -0.1) is 0 Å². The Bertz CT molecular complexity index is 2510. The van der Waals surface area contributed by atoms with Gasteiger partial charge in [-0.2, -0.15) is 0 Å². The van der Waals surface area contributed by atoms with Crippen LogP contribution in [0.4, 0.5) is 0 Å². The van der Waals surface area contributed by atoms with E-state index in [0.29, 0.717) is 107 Å². The summed E-state index contributed by atoms with van der Waals surface area (Å²) in [6.07, 6.45) is 0. The number of fused-ring (bicyclic) bond motifs is 7. The van der Waals surface area contributed by atoms with Crippen molar-refractivity contribution in [1.82, 2.24) is 0 Å². The van der Waals surface area contributed by atoms with Crippen molar-refractivity contribution in [2.75, 3.05) is 0 Å². The average molecular weight is 984 g/mol. The lowest BCUT2D eigenvalue weighted by Gasteiger charge is -2.22. The Morgan fingerprint density at radius 1 is 0.259 bits per heavy atom. The molecule has 54 heavy (non-hydrogen) atoms. The minimum absolute atomic E-state index is 0.181. The van der Waals surface area contributed by atoms with Gasteiger partial charge in [-0.3, -0.25) is 0 Å². The molecule has 2 aliphatic heterocycles. The largest absolute Gasteiger partial charge is 0.456 e. The van der Waals surface area contributed by atoms with Crippen LogP contribution in [-0.4, -0.2) is 0 Å². The van der Waals surface area contributed by atoms with E-state index in [2.05, 4.69) is 0 Å². The highest BCUT2D eigenvalue weighted by Crippen LogP contribution is 2.54. The molecule has 0 saturated carbocycles. The minimum atomic E-state index is 0.181. The molecule has 0 N–H and O–H groups in total. The third-order valence-corrected chi connectivity index (χ3v) is 12.3. The molecule has 0 aliphatic carbocycles. The number of furan rings is 1. The Kier molecular flexibility index (Phi) is 12.1. The second kappa shape index (κ2) is 16.2. The van der Waals surface area contributed by atoms with Crippen LogP contribution in [0.2, 0.25) is 65.3 Å². The standard InChI is InChI=1S/C12H3Cl5O2.C12H4Cl4O2.C12H4Cl4O/c13-4-1-7-8(2-5(4)14)19-12-9(18-7)3-6(15)10(16)11(12)17;13-5-1-9-10(2-6(5)14)18-12-4-8(16)7(15)3-11(12)17-9;13-7-1-5-6-2-8(14)10(16)4-12(6)17-11(5)3-9(7)15/h1-3H;1-4H;1-4H. The Hall–Kier alpha value is -1.91. The first-order valence-corrected chi connectivity index (χ1v) is 19.5. The molecule has 0 radical (unpaired) electrons. The molecule has 0 fully saturated rings. The zero-order valence-electron chi connectivity index (χ0n) is 25.8. The Balaban J connectivity index is 0.000000125. The summed E-state index contributed by atoms with van der Waals surface area (Å²) in [5.74, 6) is 3.42. The lowest BCUT2D eigenvalue weighted by atomic mass is 10.1. The third kappa shape index (κ3) is 8.10. The van der Waals surface area contributed by atoms with Gasteiger partial charge in [0.15, 0.2) is 46.0 Å². The van der Waals surface area contributed by atoms with Gasteiger partial charge in [0.1, 0.15) is 16.2 Å². The molecule has 1 aromatic heterocycles. The summed E-state index contributed by atoms with van der Waals surface area (Å²) in [6.45, 7) is 0. The van der Waals surface area contributed by atoms with E-state index in [0.717, 1.165) is 10.8 Å². The van der Waals surface area contributed by atoms with E-state index < -0.39 is 0 Å². The summed E-state index contributed by atoms with van der Waals surface area (Å²) >= 11 is 77.3. The highest BCUT2D eigenvalue weighted by atomic mass is 35.5. The first-order chi connectivity index (χ1) is 25.6. The first-order valence-electron chi connectivity index (χ1n) is 14.6. The zero-order valence-corrected chi connectivity index (χ0v) is 35.6. The Morgan fingerprint density at radius 3 is 0.907 bits per heavy atom. The predicted molar refractivity (Wildman–Crippen MR) is 225 cm³/mol. The van der Waals surface area contributed by atoms with Crippen molar-refractivity contribution in [3.8, 4) is 46.0 Å². The van der Waals surface area contributed by atoms with Crippen molar-refractivity contribution in [3.05, 3.63) is 132 Å². The summed E-state index contributed by atoms with van der Waals surface area (Å²) < 4.78 is 28.2. The molecule has 0 bridgehead atoms. The topological polar surface area (TPSA) is 50.1 Å². The molecule has 3 heterocycles. The molecule has 7 aromatic rings. The molecule has 276 valence electrons. The van der Waals surface area contributed by atoms with Gasteiger partial charge >= 0.3 is 0 Å². The highest BCUT2D eigenvalue weighted by molar-refractivity contribution is 6.49. The van der Waals surface area contributed by atoms with E-state index >= 15 is 0 Å². The minimum Gasteiger partial charge on any atom is -0.456 e. The molecular weight excluding hydrogens is 973 g/mol. The number of halogens is 13. The zero-order chi connectivity index (χ0) is 38.7. The van der Waals surface area contributed by atoms with Gasteiger partial charge in [-0.25, -0.2) is 0 Å². The van der Waals surface area contributed by atoms with E-state index in [1.807, 2.05) is 0 Å². The van der Waals surface area contributed by atoms with Crippen LogP contribution in [-0.2, 0) is 0 Å². The van der Waals surface area contributed by atoms with Crippen LogP contribution in [0, 0.1) is 0 Å². The van der Waals surface area contributed by atoms with Crippen LogP contribution in [0.3, 0.4) is 0 Å². The second-order valence-corrected chi connectivity index (χ2v) is 16.2. The Labute approximate surface area is 370 Å². The SMILES string of the molecule is Clc1cc2c(cc1Cl)Oc1c(cc(Cl)c(Cl)c1Cl)O2.Clc1cc2c(cc1Cl)Oc1cc(Cl)c(Cl)cc1O2.Clc1cc2oc3cc(Cl)c(Cl)cc3c2cc1Cl. The van der Waals surface area contributed by atoms with Crippen LogP contribution in [0.25, 0.3) is 21.9 Å². The monoisotopic (exact) mass is 978 g/mol. The number of hydrogen-bond donors (Lipinski definition) is 0. The van der Waals surface area contributed by atoms with Crippen molar-refractivity contribution >= 4 is 173 Å². The lowest BCUT2D eigenvalue weighted by Crippen LogP contribution is -2.00. The van der Waals surface area contributed by atoms with Gasteiger partial charge in [0, 0.05) is 65.4 Å². The van der Waals surface area contributed by atoms with E-state index in [1.54, 1.807) is 60.7 Å². The maximum atomic E-state index is 6.07. The van der Waals surface area contributed by atoms with E-state index in [1.165, 1.54) is 6.07 Å². The molecule has 5 nitrogen and oxygen atoms in total. The van der Waals surface area contributed by atoms with Gasteiger partial charge in [-0.05, 0) is 12.1 Å². The van der Waals surface area contributed by atoms with Crippen molar-refractivity contribution in [1.29, 1.82) is 0 Å². The van der Waals surface area contributed by atoms with Crippen LogP contribution in [0.1, 0.15) is 0 Å². The molecule has 0 atom stereocenters. The number of rotatable bonds is 0. The molecule has 0 spiro atoms. The quantitative estimate of drug-likeness (QED) is 0.142. The second-order valence-electron chi connectivity index (χ2n) is 11.0. The van der Waals surface area contributed by atoms with Gasteiger partial charge < -0.3 is 23.4 Å². The van der Waals surface area contributed by atoms with Crippen LogP contribution >= 0.6 is 151 Å². The van der Waals surface area contributed by atoms with Crippen molar-refractivity contribution in [2.24, 2.45) is 0 Å². The fourth-order valence-corrected chi connectivity index (χ4v) is 7.14. The predicted octanol–water partition coefficient (Wildman–Crippen LogP) is 19.2. The molecule has 2 aliphatic rings. The number of benzene rings is 6. The van der Waals surface area contributed by atoms with Crippen LogP contribution in [0.15, 0.2) is 71.1 Å². The molecule has 6 aromatic carbocycles. The summed E-state index contributed by atoms with van der Waals surface area (Å²) in [5, 5.41) is 6.54. The van der Waals surface area contributed by atoms with Crippen LogP contribution in [0.5, 0.6) is 46.0 Å². The maximum Gasteiger partial charge on any atom is 0.190 e. The summed E-state index contributed by atoms with van der Waals surface area (Å²) in [4.78, 5) is 0. The smallest absolute Gasteiger partial charge is 0.190 e. The van der Waals surface area contributed by atoms with E-state index in [4.69, 9.17) is 174 Å². The van der Waals surface area contributed by atoms with Crippen molar-refractivity contribution in [2.45, 2.75) is 0 Å². The molecule has 0 unspecified atom stereocenters. The average Bonchev–Trinajstić information content (AvgIpc) is 3.44. The van der Waals surface area contributed by atoms with Gasteiger partial charge in [0.25, 0.3) is 0 Å². The Morgan fingerprint density at radius 2 is 0.537 bits per heavy atom. The van der Waals surface area contributed by atoms with Gasteiger partial charge in [-0.1, -0.05) is 151 Å². The van der Waals surface area contributed by atoms with Crippen molar-refractivity contribution in [3.63, 3.8) is 0 Å². The van der Waals surface area contributed by atoms with Gasteiger partial charge in [0.2, 0.25) is 0 Å². The molecule has 0 saturated heterocycles. The number of hydrogen-bond acceptors (Lipinski definition) is 5. The fraction of sp³-hybridized carbons (Fsp3) is 0. The molecule has 9 rings (SSSR count). The molecule has 18 heteroatoms. The normalized spacial score (nSPS) is 12.0. The molecule has 0 amide bonds. The lowest BCUT2D eigenvalue weighted by molar-refractivity contribution is 0.359. The van der Waals surface area contributed by atoms with Gasteiger partial charge in [0.05, 0.1) is 60.3 Å². The van der Waals surface area contributed by atoms with Crippen molar-refractivity contribution < 1.29 is 23.4 Å². The molecular formula is C36H11Cl13O5. The van der Waals surface area contributed by atoms with Crippen LogP contribution < -0.4 is 18.9 Å². The van der Waals surface area contributed by atoms with E-state index in [9.17, 15) is 0 Å². The number of ether oxygens (including phenoxy) is 4. The summed E-state index contributed by atoms with van der Waals surface area (Å²) in [5.41, 5.74) is 1.32. The summed E-state index contributed by atoms with van der Waals surface area (Å²) in [6, 6.07) is 17.9. The highest BCUT2D eigenvalue weighted by Gasteiger charge is 2.26. The van der Waals surface area contributed by atoms with E-state index in [-0.39, 0.29) is 15.1 Å². The summed E-state index contributed by atoms with van der Waals surface area (Å²) in [7, 11) is 0.